The van der Waals surface area contributed by atoms with Crippen LogP contribution in [0.15, 0.2) is 48.8 Å². The lowest BCUT2D eigenvalue weighted by Gasteiger charge is -2.41. The minimum absolute atomic E-state index is 0.0882. The number of nitrogens with one attached hydrogen (secondary N) is 1. The van der Waals surface area contributed by atoms with Crippen LogP contribution in [0.4, 0.5) is 10.1 Å². The van der Waals surface area contributed by atoms with Crippen molar-refractivity contribution >= 4 is 11.6 Å². The number of benzene rings is 1. The summed E-state index contributed by atoms with van der Waals surface area (Å²) in [5.74, 6) is -0.468. The highest BCUT2D eigenvalue weighted by molar-refractivity contribution is 6.08. The molecule has 0 aromatic heterocycles. The molecule has 1 spiro atoms. The van der Waals surface area contributed by atoms with E-state index in [1.165, 1.54) is 6.42 Å². The molecule has 1 atom stereocenters. The topological polar surface area (TPSA) is 35.6 Å². The number of likely N-dealkylation sites (tertiary alicyclic amines) is 1. The van der Waals surface area contributed by atoms with E-state index in [1.54, 1.807) is 4.90 Å². The Balaban J connectivity index is 1.60. The van der Waals surface area contributed by atoms with Crippen molar-refractivity contribution in [1.29, 1.82) is 0 Å². The zero-order chi connectivity index (χ0) is 18.3. The lowest BCUT2D eigenvalue weighted by atomic mass is 9.73. The van der Waals surface area contributed by atoms with Gasteiger partial charge in [-0.15, -0.1) is 0 Å². The van der Waals surface area contributed by atoms with E-state index in [0.717, 1.165) is 50.3 Å². The highest BCUT2D eigenvalue weighted by Gasteiger charge is 2.52. The summed E-state index contributed by atoms with van der Waals surface area (Å²) >= 11 is 0. The monoisotopic (exact) mass is 355 g/mol. The number of piperidine rings is 1. The van der Waals surface area contributed by atoms with Gasteiger partial charge in [0.15, 0.2) is 0 Å². The summed E-state index contributed by atoms with van der Waals surface area (Å²) in [4.78, 5) is 17.7. The van der Waals surface area contributed by atoms with E-state index in [9.17, 15) is 9.18 Å². The molecular formula is C21H26FN3O. The molecule has 2 fully saturated rings. The summed E-state index contributed by atoms with van der Waals surface area (Å²) in [6, 6.07) is 8.54. The van der Waals surface area contributed by atoms with Crippen LogP contribution < -0.4 is 10.2 Å². The van der Waals surface area contributed by atoms with Crippen LogP contribution in [0.1, 0.15) is 24.8 Å². The third kappa shape index (κ3) is 2.70. The third-order valence-electron chi connectivity index (χ3n) is 6.30. The minimum atomic E-state index is -0.556. The Morgan fingerprint density at radius 2 is 2.00 bits per heavy atom. The van der Waals surface area contributed by atoms with Crippen LogP contribution in [0.25, 0.3) is 0 Å². The first kappa shape index (κ1) is 17.4. The fourth-order valence-corrected chi connectivity index (χ4v) is 4.74. The number of carbonyl (C=O) groups excluding carboxylic acids is 1. The van der Waals surface area contributed by atoms with E-state index in [4.69, 9.17) is 0 Å². The van der Waals surface area contributed by atoms with Crippen molar-refractivity contribution in [2.45, 2.75) is 30.7 Å². The molecule has 1 N–H and O–H groups in total. The molecule has 5 heteroatoms. The number of para-hydroxylation sites is 1. The van der Waals surface area contributed by atoms with Crippen molar-refractivity contribution < 1.29 is 9.18 Å². The zero-order valence-corrected chi connectivity index (χ0v) is 15.1. The second-order valence-corrected chi connectivity index (χ2v) is 7.68. The minimum Gasteiger partial charge on any atom is -0.315 e. The average molecular weight is 355 g/mol. The molecule has 4 nitrogen and oxygen atoms in total. The summed E-state index contributed by atoms with van der Waals surface area (Å²) < 4.78 is 13.5. The van der Waals surface area contributed by atoms with Crippen LogP contribution in [0.3, 0.4) is 0 Å². The van der Waals surface area contributed by atoms with Crippen molar-refractivity contribution in [3.05, 3.63) is 54.4 Å². The van der Waals surface area contributed by atoms with Gasteiger partial charge in [0.1, 0.15) is 5.83 Å². The van der Waals surface area contributed by atoms with Crippen LogP contribution in [0.2, 0.25) is 0 Å². The van der Waals surface area contributed by atoms with Gasteiger partial charge < -0.3 is 10.2 Å². The quantitative estimate of drug-likeness (QED) is 0.844. The average Bonchev–Trinajstić information content (AvgIpc) is 3.26. The van der Waals surface area contributed by atoms with Gasteiger partial charge in [-0.3, -0.25) is 9.69 Å². The summed E-state index contributed by atoms with van der Waals surface area (Å²) in [6.07, 6.45) is 2.82. The van der Waals surface area contributed by atoms with Gasteiger partial charge in [-0.25, -0.2) is 4.39 Å². The molecule has 4 rings (SSSR count). The Labute approximate surface area is 154 Å². The maximum absolute atomic E-state index is 13.5. The van der Waals surface area contributed by atoms with E-state index >= 15 is 0 Å². The number of hydrogen-bond acceptors (Lipinski definition) is 3. The first-order chi connectivity index (χ1) is 12.5. The highest BCUT2D eigenvalue weighted by atomic mass is 19.1. The number of fused-ring (bicyclic) bond motifs is 2. The van der Waals surface area contributed by atoms with E-state index in [0.29, 0.717) is 6.04 Å². The summed E-state index contributed by atoms with van der Waals surface area (Å²) in [5.41, 5.74) is 1.78. The van der Waals surface area contributed by atoms with Crippen LogP contribution in [-0.4, -0.2) is 49.6 Å². The number of nitrogens with zero attached hydrogens (tertiary/aromatic N) is 2. The number of rotatable bonds is 4. The van der Waals surface area contributed by atoms with Gasteiger partial charge in [0, 0.05) is 18.3 Å². The number of hydrogen-bond donors (Lipinski definition) is 1. The predicted octanol–water partition coefficient (Wildman–Crippen LogP) is 2.77. The standard InChI is InChI=1S/C21H26FN3O/c1-15(16(2)22)14-25-19-6-4-3-5-18(19)21(20(25)26)8-11-24(12-9-21)17-7-10-23-13-17/h3-6,17,23H,1-2,7-14H2. The fraction of sp³-hybridized carbons (Fsp3) is 0.476. The van der Waals surface area contributed by atoms with Gasteiger partial charge >= 0.3 is 0 Å². The molecule has 1 amide bonds. The Kier molecular flexibility index (Phi) is 4.45. The molecule has 138 valence electrons. The molecule has 26 heavy (non-hydrogen) atoms. The lowest BCUT2D eigenvalue weighted by Crippen LogP contribution is -2.51. The molecule has 0 radical (unpaired) electrons. The maximum Gasteiger partial charge on any atom is 0.238 e. The Morgan fingerprint density at radius 1 is 1.27 bits per heavy atom. The third-order valence-corrected chi connectivity index (χ3v) is 6.30. The molecular weight excluding hydrogens is 329 g/mol. The number of amides is 1. The fourth-order valence-electron chi connectivity index (χ4n) is 4.74. The van der Waals surface area contributed by atoms with Crippen molar-refractivity contribution in [3.8, 4) is 0 Å². The summed E-state index contributed by atoms with van der Waals surface area (Å²) in [5, 5.41) is 3.42. The first-order valence-corrected chi connectivity index (χ1v) is 9.42. The molecule has 0 saturated carbocycles. The van der Waals surface area contributed by atoms with Crippen molar-refractivity contribution in [2.75, 3.05) is 37.6 Å². The Hall–Kier alpha value is -1.98. The van der Waals surface area contributed by atoms with Gasteiger partial charge in [0.2, 0.25) is 5.91 Å². The molecule has 1 unspecified atom stereocenters. The molecule has 3 aliphatic heterocycles. The van der Waals surface area contributed by atoms with Gasteiger partial charge in [-0.2, -0.15) is 0 Å². The second kappa shape index (κ2) is 6.63. The molecule has 1 aromatic carbocycles. The molecule has 3 heterocycles. The van der Waals surface area contributed by atoms with Crippen molar-refractivity contribution in [2.24, 2.45) is 0 Å². The van der Waals surface area contributed by atoms with Crippen LogP contribution in [-0.2, 0) is 10.2 Å². The molecule has 3 aliphatic rings. The number of anilines is 1. The maximum atomic E-state index is 13.5. The van der Waals surface area contributed by atoms with Gasteiger partial charge in [-0.05, 0) is 56.1 Å². The summed E-state index contributed by atoms with van der Waals surface area (Å²) in [6.45, 7) is 11.2. The smallest absolute Gasteiger partial charge is 0.238 e. The van der Waals surface area contributed by atoms with Gasteiger partial charge in [-0.1, -0.05) is 31.4 Å². The summed E-state index contributed by atoms with van der Waals surface area (Å²) in [7, 11) is 0. The lowest BCUT2D eigenvalue weighted by molar-refractivity contribution is -0.125. The van der Waals surface area contributed by atoms with Crippen LogP contribution in [0.5, 0.6) is 0 Å². The van der Waals surface area contributed by atoms with Gasteiger partial charge in [0.05, 0.1) is 12.0 Å². The van der Waals surface area contributed by atoms with Crippen molar-refractivity contribution in [1.82, 2.24) is 10.2 Å². The number of carbonyl (C=O) groups is 1. The van der Waals surface area contributed by atoms with Crippen molar-refractivity contribution in [3.63, 3.8) is 0 Å². The van der Waals surface area contributed by atoms with E-state index in [1.807, 2.05) is 18.2 Å². The number of halogens is 1. The normalized spacial score (nSPS) is 24.9. The molecule has 2 saturated heterocycles. The van der Waals surface area contributed by atoms with E-state index < -0.39 is 11.2 Å². The molecule has 0 aliphatic carbocycles. The van der Waals surface area contributed by atoms with Crippen LogP contribution in [0, 0.1) is 0 Å². The first-order valence-electron chi connectivity index (χ1n) is 9.42. The molecule has 1 aromatic rings. The SMILES string of the molecule is C=C(F)C(=C)CN1C(=O)C2(CCN(C3CCNC3)CC2)c2ccccc21. The Morgan fingerprint density at radius 3 is 2.65 bits per heavy atom. The molecule has 0 bridgehead atoms. The highest BCUT2D eigenvalue weighted by Crippen LogP contribution is 2.48. The second-order valence-electron chi connectivity index (χ2n) is 7.68. The van der Waals surface area contributed by atoms with E-state index in [-0.39, 0.29) is 18.0 Å². The largest absolute Gasteiger partial charge is 0.315 e. The zero-order valence-electron chi connectivity index (χ0n) is 15.1. The van der Waals surface area contributed by atoms with E-state index in [2.05, 4.69) is 29.4 Å². The predicted molar refractivity (Wildman–Crippen MR) is 102 cm³/mol. The van der Waals surface area contributed by atoms with Gasteiger partial charge in [0.25, 0.3) is 0 Å². The Bertz CT molecular complexity index is 745. The van der Waals surface area contributed by atoms with Crippen LogP contribution >= 0.6 is 0 Å².